The lowest BCUT2D eigenvalue weighted by Gasteiger charge is -2.21. The van der Waals surface area contributed by atoms with E-state index in [1.807, 2.05) is 4.90 Å². The van der Waals surface area contributed by atoms with Crippen LogP contribution >= 0.6 is 22.6 Å². The first-order valence-electron chi connectivity index (χ1n) is 6.04. The molecule has 4 nitrogen and oxygen atoms in total. The molecule has 0 aromatic heterocycles. The number of carbonyl (C=O) groups excluding carboxylic acids is 1. The van der Waals surface area contributed by atoms with Crippen molar-refractivity contribution in [2.75, 3.05) is 33.2 Å². The normalized spacial score (nSPS) is 17.6. The minimum Gasteiger partial charge on any atom is -0.507 e. The van der Waals surface area contributed by atoms with Gasteiger partial charge in [0, 0.05) is 23.2 Å². The Morgan fingerprint density at radius 1 is 1.28 bits per heavy atom. The van der Waals surface area contributed by atoms with E-state index in [1.54, 1.807) is 18.2 Å². The number of likely N-dealkylation sites (N-methyl/N-ethyl adjacent to an activating group) is 1. The average molecular weight is 360 g/mol. The van der Waals surface area contributed by atoms with Crippen LogP contribution in [0.15, 0.2) is 18.2 Å². The fraction of sp³-hybridized carbons (Fsp3) is 0.462. The molecule has 1 N–H and O–H groups in total. The molecule has 0 bridgehead atoms. The summed E-state index contributed by atoms with van der Waals surface area (Å²) in [6.45, 7) is 3.38. The van der Waals surface area contributed by atoms with Crippen molar-refractivity contribution in [3.8, 4) is 5.75 Å². The number of carbonyl (C=O) groups is 1. The van der Waals surface area contributed by atoms with Gasteiger partial charge in [-0.2, -0.15) is 0 Å². The van der Waals surface area contributed by atoms with Crippen LogP contribution in [0.3, 0.4) is 0 Å². The van der Waals surface area contributed by atoms with Crippen molar-refractivity contribution in [1.82, 2.24) is 9.80 Å². The molecule has 18 heavy (non-hydrogen) atoms. The first-order chi connectivity index (χ1) is 8.58. The molecule has 2 rings (SSSR count). The van der Waals surface area contributed by atoms with E-state index in [0.717, 1.165) is 36.2 Å². The van der Waals surface area contributed by atoms with Crippen molar-refractivity contribution in [2.24, 2.45) is 0 Å². The number of aromatic hydroxyl groups is 1. The summed E-state index contributed by atoms with van der Waals surface area (Å²) in [4.78, 5) is 16.4. The van der Waals surface area contributed by atoms with Gasteiger partial charge in [-0.15, -0.1) is 0 Å². The highest BCUT2D eigenvalue weighted by Gasteiger charge is 2.21. The molecule has 5 heteroatoms. The maximum Gasteiger partial charge on any atom is 0.257 e. The predicted molar refractivity (Wildman–Crippen MR) is 78.8 cm³/mol. The molecule has 1 aromatic rings. The largest absolute Gasteiger partial charge is 0.507 e. The van der Waals surface area contributed by atoms with Crippen LogP contribution in [-0.2, 0) is 0 Å². The van der Waals surface area contributed by atoms with Crippen molar-refractivity contribution in [3.05, 3.63) is 27.3 Å². The Morgan fingerprint density at radius 3 is 2.83 bits per heavy atom. The maximum atomic E-state index is 12.4. The number of halogens is 1. The summed E-state index contributed by atoms with van der Waals surface area (Å²) in [5.74, 6) is -0.000617. The van der Waals surface area contributed by atoms with Crippen LogP contribution in [-0.4, -0.2) is 54.0 Å². The van der Waals surface area contributed by atoms with Gasteiger partial charge in [-0.25, -0.2) is 0 Å². The van der Waals surface area contributed by atoms with Crippen molar-refractivity contribution < 1.29 is 9.90 Å². The van der Waals surface area contributed by atoms with E-state index in [1.165, 1.54) is 0 Å². The third-order valence-corrected chi connectivity index (χ3v) is 3.87. The summed E-state index contributed by atoms with van der Waals surface area (Å²) in [6, 6.07) is 5.12. The van der Waals surface area contributed by atoms with Crippen molar-refractivity contribution in [2.45, 2.75) is 6.42 Å². The second-order valence-corrected chi connectivity index (χ2v) is 5.86. The Bertz CT molecular complexity index is 451. The number of amides is 1. The van der Waals surface area contributed by atoms with Gasteiger partial charge in [0.2, 0.25) is 0 Å². The van der Waals surface area contributed by atoms with Gasteiger partial charge in [0.25, 0.3) is 5.91 Å². The summed E-state index contributed by atoms with van der Waals surface area (Å²) >= 11 is 2.15. The molecule has 0 unspecified atom stereocenters. The van der Waals surface area contributed by atoms with E-state index in [0.29, 0.717) is 5.56 Å². The summed E-state index contributed by atoms with van der Waals surface area (Å²) < 4.78 is 0.959. The Morgan fingerprint density at radius 2 is 2.06 bits per heavy atom. The quantitative estimate of drug-likeness (QED) is 0.777. The molecule has 1 saturated heterocycles. The molecule has 0 saturated carbocycles. The lowest BCUT2D eigenvalue weighted by molar-refractivity contribution is 0.0759. The van der Waals surface area contributed by atoms with Crippen molar-refractivity contribution in [3.63, 3.8) is 0 Å². The molecule has 1 aromatic carbocycles. The zero-order chi connectivity index (χ0) is 13.1. The van der Waals surface area contributed by atoms with Crippen LogP contribution in [0.1, 0.15) is 16.8 Å². The number of hydrogen-bond acceptors (Lipinski definition) is 3. The van der Waals surface area contributed by atoms with Gasteiger partial charge < -0.3 is 14.9 Å². The van der Waals surface area contributed by atoms with Crippen LogP contribution in [0.25, 0.3) is 0 Å². The molecule has 1 aliphatic rings. The Labute approximate surface area is 121 Å². The van der Waals surface area contributed by atoms with E-state index in [-0.39, 0.29) is 11.7 Å². The number of rotatable bonds is 1. The second kappa shape index (κ2) is 5.88. The van der Waals surface area contributed by atoms with Gasteiger partial charge in [0.05, 0.1) is 5.56 Å². The molecular formula is C13H17IN2O2. The first kappa shape index (κ1) is 13.6. The van der Waals surface area contributed by atoms with E-state index >= 15 is 0 Å². The average Bonchev–Trinajstić information content (AvgIpc) is 2.56. The fourth-order valence-electron chi connectivity index (χ4n) is 2.10. The SMILES string of the molecule is CN1CCCN(C(=O)c2cc(I)ccc2O)CC1. The zero-order valence-corrected chi connectivity index (χ0v) is 12.6. The first-order valence-corrected chi connectivity index (χ1v) is 7.12. The third kappa shape index (κ3) is 3.14. The molecule has 1 fully saturated rings. The highest BCUT2D eigenvalue weighted by molar-refractivity contribution is 14.1. The minimum atomic E-state index is -0.0682. The van der Waals surface area contributed by atoms with Crippen LogP contribution in [0.2, 0.25) is 0 Å². The van der Waals surface area contributed by atoms with Crippen LogP contribution in [0.5, 0.6) is 5.75 Å². The van der Waals surface area contributed by atoms with Gasteiger partial charge in [0.1, 0.15) is 5.75 Å². The van der Waals surface area contributed by atoms with Gasteiger partial charge in [-0.1, -0.05) is 0 Å². The molecule has 0 radical (unpaired) electrons. The Kier molecular flexibility index (Phi) is 4.45. The number of nitrogens with zero attached hydrogens (tertiary/aromatic N) is 2. The van der Waals surface area contributed by atoms with E-state index in [4.69, 9.17) is 0 Å². The second-order valence-electron chi connectivity index (χ2n) is 4.61. The molecule has 0 aliphatic carbocycles. The van der Waals surface area contributed by atoms with Gasteiger partial charge >= 0.3 is 0 Å². The molecule has 98 valence electrons. The number of phenols is 1. The number of phenolic OH excluding ortho intramolecular Hbond substituents is 1. The van der Waals surface area contributed by atoms with Crippen LogP contribution < -0.4 is 0 Å². The Hall–Kier alpha value is -0.820. The van der Waals surface area contributed by atoms with Gasteiger partial charge in [0.15, 0.2) is 0 Å². The molecule has 1 aliphatic heterocycles. The standard InChI is InChI=1S/C13H17IN2O2/c1-15-5-2-6-16(8-7-15)13(18)11-9-10(14)3-4-12(11)17/h3-4,9,17H,2,5-8H2,1H3. The van der Waals surface area contributed by atoms with E-state index < -0.39 is 0 Å². The van der Waals surface area contributed by atoms with Crippen LogP contribution in [0, 0.1) is 3.57 Å². The predicted octanol–water partition coefficient (Wildman–Crippen LogP) is 1.77. The Balaban J connectivity index is 2.17. The summed E-state index contributed by atoms with van der Waals surface area (Å²) in [5.41, 5.74) is 0.409. The fourth-order valence-corrected chi connectivity index (χ4v) is 2.59. The zero-order valence-electron chi connectivity index (χ0n) is 10.4. The van der Waals surface area contributed by atoms with E-state index in [2.05, 4.69) is 34.5 Å². The third-order valence-electron chi connectivity index (χ3n) is 3.20. The molecule has 1 heterocycles. The van der Waals surface area contributed by atoms with Crippen LogP contribution in [0.4, 0.5) is 0 Å². The number of hydrogen-bond donors (Lipinski definition) is 1. The summed E-state index contributed by atoms with van der Waals surface area (Å²) in [7, 11) is 2.07. The van der Waals surface area contributed by atoms with Crippen molar-refractivity contribution >= 4 is 28.5 Å². The van der Waals surface area contributed by atoms with Gasteiger partial charge in [-0.3, -0.25) is 4.79 Å². The lowest BCUT2D eigenvalue weighted by Crippen LogP contribution is -2.34. The van der Waals surface area contributed by atoms with Crippen molar-refractivity contribution in [1.29, 1.82) is 0 Å². The summed E-state index contributed by atoms with van der Waals surface area (Å²) in [5, 5.41) is 9.80. The highest BCUT2D eigenvalue weighted by Crippen LogP contribution is 2.21. The molecule has 0 atom stereocenters. The minimum absolute atomic E-state index is 0.0676. The maximum absolute atomic E-state index is 12.4. The molecule has 0 spiro atoms. The lowest BCUT2D eigenvalue weighted by atomic mass is 10.1. The highest BCUT2D eigenvalue weighted by atomic mass is 127. The van der Waals surface area contributed by atoms with Gasteiger partial charge in [-0.05, 0) is 60.8 Å². The molecular weight excluding hydrogens is 343 g/mol. The van der Waals surface area contributed by atoms with E-state index in [9.17, 15) is 9.90 Å². The smallest absolute Gasteiger partial charge is 0.257 e. The summed E-state index contributed by atoms with van der Waals surface area (Å²) in [6.07, 6.45) is 0.979. The monoisotopic (exact) mass is 360 g/mol. The molecule has 1 amide bonds. The number of benzene rings is 1. The topological polar surface area (TPSA) is 43.8 Å².